The van der Waals surface area contributed by atoms with Gasteiger partial charge in [-0.3, -0.25) is 0 Å². The molecule has 0 radical (unpaired) electrons. The second-order valence-corrected chi connectivity index (χ2v) is 8.76. The van der Waals surface area contributed by atoms with E-state index >= 15 is 0 Å². The van der Waals surface area contributed by atoms with Crippen LogP contribution in [-0.2, 0) is 10.7 Å². The van der Waals surface area contributed by atoms with Crippen LogP contribution in [0.2, 0.25) is 0 Å². The number of methoxy groups -OCH3 is 2. The van der Waals surface area contributed by atoms with E-state index in [1.54, 1.807) is 44.6 Å². The Morgan fingerprint density at radius 2 is 1.35 bits per heavy atom. The minimum absolute atomic E-state index is 0.138. The Hall–Kier alpha value is -2.71. The molecule has 26 heavy (non-hydrogen) atoms. The van der Waals surface area contributed by atoms with E-state index in [9.17, 15) is 9.67 Å². The smallest absolute Gasteiger partial charge is 0.147 e. The molecule has 0 unspecified atom stereocenters. The van der Waals surface area contributed by atoms with Gasteiger partial charge in [-0.25, -0.2) is 0 Å². The topological polar surface area (TPSA) is 55.8 Å². The van der Waals surface area contributed by atoms with E-state index in [-0.39, 0.29) is 11.9 Å². The fourth-order valence-corrected chi connectivity index (χ4v) is 5.62. The highest BCUT2D eigenvalue weighted by Gasteiger charge is 2.29. The van der Waals surface area contributed by atoms with Gasteiger partial charge in [-0.2, -0.15) is 0 Å². The molecular weight excluding hydrogens is 347 g/mol. The van der Waals surface area contributed by atoms with Crippen LogP contribution in [0, 0.1) is 0 Å². The van der Waals surface area contributed by atoms with E-state index < -0.39 is 7.14 Å². The summed E-state index contributed by atoms with van der Waals surface area (Å²) in [6.07, 6.45) is 0.208. The number of ether oxygens (including phenoxy) is 2. The fraction of sp³-hybridized carbons (Fsp3) is 0.143. The number of phenols is 1. The summed E-state index contributed by atoms with van der Waals surface area (Å²) in [7, 11) is 0.0907. The minimum atomic E-state index is -3.07. The van der Waals surface area contributed by atoms with Crippen molar-refractivity contribution in [3.05, 3.63) is 78.4 Å². The summed E-state index contributed by atoms with van der Waals surface area (Å²) >= 11 is 0. The maximum absolute atomic E-state index is 14.3. The summed E-state index contributed by atoms with van der Waals surface area (Å²) in [5.41, 5.74) is 0.640. The molecule has 0 aliphatic rings. The molecule has 3 aromatic rings. The molecular formula is C21H21O4P. The lowest BCUT2D eigenvalue weighted by atomic mass is 10.2. The molecule has 0 aromatic heterocycles. The predicted octanol–water partition coefficient (Wildman–Crippen LogP) is 3.92. The first-order chi connectivity index (χ1) is 12.6. The largest absolute Gasteiger partial charge is 0.508 e. The Balaban J connectivity index is 2.17. The van der Waals surface area contributed by atoms with Gasteiger partial charge in [0.2, 0.25) is 0 Å². The van der Waals surface area contributed by atoms with Gasteiger partial charge in [-0.15, -0.1) is 0 Å². The van der Waals surface area contributed by atoms with Crippen molar-refractivity contribution < 1.29 is 19.1 Å². The number of rotatable bonds is 6. The average Bonchev–Trinajstić information content (AvgIpc) is 2.69. The van der Waals surface area contributed by atoms with Crippen molar-refractivity contribution in [2.75, 3.05) is 14.2 Å². The van der Waals surface area contributed by atoms with Crippen molar-refractivity contribution in [3.8, 4) is 17.2 Å². The second-order valence-electron chi connectivity index (χ2n) is 5.93. The minimum Gasteiger partial charge on any atom is -0.508 e. The van der Waals surface area contributed by atoms with Crippen molar-refractivity contribution in [3.63, 3.8) is 0 Å². The van der Waals surface area contributed by atoms with Crippen LogP contribution in [0.3, 0.4) is 0 Å². The third-order valence-corrected chi connectivity index (χ3v) is 7.34. The highest BCUT2D eigenvalue weighted by molar-refractivity contribution is 7.78. The molecule has 0 aliphatic carbocycles. The molecule has 0 fully saturated rings. The second kappa shape index (κ2) is 7.67. The van der Waals surface area contributed by atoms with E-state index in [0.29, 0.717) is 27.7 Å². The Morgan fingerprint density at radius 1 is 0.808 bits per heavy atom. The van der Waals surface area contributed by atoms with Gasteiger partial charge in [0.1, 0.15) is 24.4 Å². The monoisotopic (exact) mass is 368 g/mol. The van der Waals surface area contributed by atoms with Crippen LogP contribution >= 0.6 is 7.14 Å². The molecule has 0 saturated heterocycles. The third kappa shape index (κ3) is 3.61. The van der Waals surface area contributed by atoms with Crippen molar-refractivity contribution in [2.24, 2.45) is 0 Å². The molecule has 0 heterocycles. The lowest BCUT2D eigenvalue weighted by molar-refractivity contribution is 0.415. The summed E-state index contributed by atoms with van der Waals surface area (Å²) < 4.78 is 24.9. The highest BCUT2D eigenvalue weighted by atomic mass is 31.2. The Kier molecular flexibility index (Phi) is 5.34. The summed E-state index contributed by atoms with van der Waals surface area (Å²) in [6, 6.07) is 21.5. The predicted molar refractivity (Wildman–Crippen MR) is 105 cm³/mol. The maximum Gasteiger partial charge on any atom is 0.147 e. The van der Waals surface area contributed by atoms with E-state index in [1.165, 1.54) is 0 Å². The van der Waals surface area contributed by atoms with Crippen LogP contribution in [0.15, 0.2) is 72.8 Å². The van der Waals surface area contributed by atoms with Crippen LogP contribution in [-0.4, -0.2) is 19.3 Å². The molecule has 134 valence electrons. The average molecular weight is 368 g/mol. The van der Waals surface area contributed by atoms with Gasteiger partial charge >= 0.3 is 0 Å². The van der Waals surface area contributed by atoms with Gasteiger partial charge in [0.25, 0.3) is 0 Å². The molecule has 0 spiro atoms. The van der Waals surface area contributed by atoms with Crippen molar-refractivity contribution >= 4 is 17.8 Å². The first-order valence-corrected chi connectivity index (χ1v) is 10.1. The Labute approximate surface area is 153 Å². The molecule has 3 aromatic carbocycles. The third-order valence-electron chi connectivity index (χ3n) is 4.33. The van der Waals surface area contributed by atoms with Gasteiger partial charge in [0, 0.05) is 22.3 Å². The number of para-hydroxylation sites is 1. The zero-order valence-corrected chi connectivity index (χ0v) is 15.6. The van der Waals surface area contributed by atoms with Crippen molar-refractivity contribution in [1.29, 1.82) is 0 Å². The lowest BCUT2D eigenvalue weighted by Crippen LogP contribution is -2.18. The summed E-state index contributed by atoms with van der Waals surface area (Å²) in [4.78, 5) is 0. The number of hydrogen-bond donors (Lipinski definition) is 1. The van der Waals surface area contributed by atoms with E-state index in [4.69, 9.17) is 9.47 Å². The molecule has 3 rings (SSSR count). The quantitative estimate of drug-likeness (QED) is 0.670. The molecule has 0 saturated carbocycles. The number of benzene rings is 3. The molecule has 5 heteroatoms. The fourth-order valence-electron chi connectivity index (χ4n) is 2.89. The van der Waals surface area contributed by atoms with Crippen LogP contribution in [0.1, 0.15) is 5.56 Å². The van der Waals surface area contributed by atoms with Gasteiger partial charge in [0.05, 0.1) is 14.2 Å². The van der Waals surface area contributed by atoms with Gasteiger partial charge in [-0.1, -0.05) is 42.5 Å². The zero-order valence-electron chi connectivity index (χ0n) is 14.8. The van der Waals surface area contributed by atoms with Crippen molar-refractivity contribution in [1.82, 2.24) is 0 Å². The van der Waals surface area contributed by atoms with Crippen LogP contribution in [0.4, 0.5) is 0 Å². The first-order valence-electron chi connectivity index (χ1n) is 8.22. The standard InChI is InChI=1S/C21H21O4P/c1-24-17-8-5-10-19(13-17)26(23,15-16-7-3-4-12-21(16)22)20-11-6-9-18(14-20)25-2/h3-14,22H,15H2,1-2H3. The molecule has 0 aliphatic heterocycles. The van der Waals surface area contributed by atoms with E-state index in [1.807, 2.05) is 42.5 Å². The van der Waals surface area contributed by atoms with E-state index in [2.05, 4.69) is 0 Å². The van der Waals surface area contributed by atoms with E-state index in [0.717, 1.165) is 0 Å². The number of phenolic OH excluding ortho intramolecular Hbond substituents is 1. The lowest BCUT2D eigenvalue weighted by Gasteiger charge is -2.21. The molecule has 0 atom stereocenters. The van der Waals surface area contributed by atoms with Crippen LogP contribution < -0.4 is 20.1 Å². The molecule has 4 nitrogen and oxygen atoms in total. The Morgan fingerprint density at radius 3 is 1.85 bits per heavy atom. The summed E-state index contributed by atoms with van der Waals surface area (Å²) in [5.74, 6) is 1.42. The maximum atomic E-state index is 14.3. The summed E-state index contributed by atoms with van der Waals surface area (Å²) in [6.45, 7) is 0. The first kappa shape index (κ1) is 18.1. The van der Waals surface area contributed by atoms with Crippen LogP contribution in [0.25, 0.3) is 0 Å². The number of hydrogen-bond acceptors (Lipinski definition) is 4. The Bertz CT molecular complexity index is 901. The van der Waals surface area contributed by atoms with Crippen LogP contribution in [0.5, 0.6) is 17.2 Å². The molecule has 0 bridgehead atoms. The number of aromatic hydroxyl groups is 1. The normalized spacial score (nSPS) is 11.2. The highest BCUT2D eigenvalue weighted by Crippen LogP contribution is 2.49. The van der Waals surface area contributed by atoms with Gasteiger partial charge in [-0.05, 0) is 30.3 Å². The summed E-state index contributed by atoms with van der Waals surface area (Å²) in [5, 5.41) is 11.5. The SMILES string of the molecule is COc1cccc(P(=O)(Cc2ccccc2O)c2cccc(OC)c2)c1. The van der Waals surface area contributed by atoms with Gasteiger partial charge in [0.15, 0.2) is 0 Å². The van der Waals surface area contributed by atoms with Gasteiger partial charge < -0.3 is 19.1 Å². The zero-order chi connectivity index (χ0) is 18.6. The molecule has 1 N–H and O–H groups in total. The molecule has 0 amide bonds. The van der Waals surface area contributed by atoms with Crippen molar-refractivity contribution in [2.45, 2.75) is 6.16 Å².